The zero-order chi connectivity index (χ0) is 14.5. The minimum atomic E-state index is 0.395. The van der Waals surface area contributed by atoms with Crippen LogP contribution in [-0.4, -0.2) is 16.6 Å². The van der Waals surface area contributed by atoms with E-state index in [-0.39, 0.29) is 0 Å². The SMILES string of the molecule is CCCOc1ncnc(Nc2ccc(Cl)cc2I)c1N. The molecule has 0 saturated heterocycles. The van der Waals surface area contributed by atoms with Gasteiger partial charge in [0.1, 0.15) is 12.0 Å². The van der Waals surface area contributed by atoms with Gasteiger partial charge >= 0.3 is 0 Å². The lowest BCUT2D eigenvalue weighted by molar-refractivity contribution is 0.307. The van der Waals surface area contributed by atoms with E-state index >= 15 is 0 Å². The fraction of sp³-hybridized carbons (Fsp3) is 0.231. The molecule has 0 spiro atoms. The Morgan fingerprint density at radius 3 is 2.90 bits per heavy atom. The number of anilines is 3. The minimum absolute atomic E-state index is 0.395. The summed E-state index contributed by atoms with van der Waals surface area (Å²) < 4.78 is 6.45. The third kappa shape index (κ3) is 3.63. The van der Waals surface area contributed by atoms with Gasteiger partial charge in [0.05, 0.1) is 12.3 Å². The first-order valence-electron chi connectivity index (χ1n) is 6.07. The molecule has 3 N–H and O–H groups in total. The Balaban J connectivity index is 2.24. The molecule has 0 radical (unpaired) electrons. The Bertz CT molecular complexity index is 609. The molecule has 0 amide bonds. The Hall–Kier alpha value is -1.28. The van der Waals surface area contributed by atoms with Crippen LogP contribution in [0.4, 0.5) is 17.2 Å². The smallest absolute Gasteiger partial charge is 0.242 e. The van der Waals surface area contributed by atoms with Crippen molar-refractivity contribution in [3.8, 4) is 5.88 Å². The average molecular weight is 405 g/mol. The van der Waals surface area contributed by atoms with Gasteiger partial charge in [-0.25, -0.2) is 4.98 Å². The van der Waals surface area contributed by atoms with Gasteiger partial charge in [0.25, 0.3) is 0 Å². The maximum Gasteiger partial charge on any atom is 0.242 e. The maximum absolute atomic E-state index is 6.01. The summed E-state index contributed by atoms with van der Waals surface area (Å²) in [6, 6.07) is 5.53. The van der Waals surface area contributed by atoms with Gasteiger partial charge < -0.3 is 15.8 Å². The summed E-state index contributed by atoms with van der Waals surface area (Å²) in [5.41, 5.74) is 7.28. The monoisotopic (exact) mass is 404 g/mol. The number of aromatic nitrogens is 2. The number of hydrogen-bond donors (Lipinski definition) is 2. The molecule has 0 aliphatic rings. The summed E-state index contributed by atoms with van der Waals surface area (Å²) in [4.78, 5) is 8.18. The zero-order valence-corrected chi connectivity index (χ0v) is 13.8. The number of nitrogen functional groups attached to an aromatic ring is 1. The molecule has 0 atom stereocenters. The van der Waals surface area contributed by atoms with Crippen LogP contribution in [0, 0.1) is 3.57 Å². The maximum atomic E-state index is 6.01. The van der Waals surface area contributed by atoms with Crippen molar-refractivity contribution in [2.75, 3.05) is 17.7 Å². The Morgan fingerprint density at radius 1 is 1.40 bits per heavy atom. The van der Waals surface area contributed by atoms with Crippen LogP contribution in [0.3, 0.4) is 0 Å². The molecule has 1 heterocycles. The van der Waals surface area contributed by atoms with E-state index in [1.165, 1.54) is 6.33 Å². The molecule has 2 aromatic rings. The minimum Gasteiger partial charge on any atom is -0.476 e. The van der Waals surface area contributed by atoms with Gasteiger partial charge in [-0.2, -0.15) is 4.98 Å². The number of rotatable bonds is 5. The summed E-state index contributed by atoms with van der Waals surface area (Å²) in [7, 11) is 0. The molecule has 0 unspecified atom stereocenters. The van der Waals surface area contributed by atoms with Crippen LogP contribution in [0.5, 0.6) is 5.88 Å². The van der Waals surface area contributed by atoms with E-state index in [0.717, 1.165) is 15.7 Å². The molecular formula is C13H14ClIN4O. The van der Waals surface area contributed by atoms with Gasteiger partial charge in [-0.15, -0.1) is 0 Å². The first-order chi connectivity index (χ1) is 9.61. The van der Waals surface area contributed by atoms with Crippen LogP contribution in [0.25, 0.3) is 0 Å². The van der Waals surface area contributed by atoms with Crippen LogP contribution in [-0.2, 0) is 0 Å². The highest BCUT2D eigenvalue weighted by Crippen LogP contribution is 2.30. The third-order valence-corrected chi connectivity index (χ3v) is 3.60. The first-order valence-corrected chi connectivity index (χ1v) is 7.52. The van der Waals surface area contributed by atoms with E-state index in [9.17, 15) is 0 Å². The fourth-order valence-corrected chi connectivity index (χ4v) is 2.52. The van der Waals surface area contributed by atoms with Crippen molar-refractivity contribution in [3.63, 3.8) is 0 Å². The second-order valence-electron chi connectivity index (χ2n) is 4.04. The van der Waals surface area contributed by atoms with Crippen molar-refractivity contribution in [1.82, 2.24) is 9.97 Å². The van der Waals surface area contributed by atoms with E-state index in [0.29, 0.717) is 29.0 Å². The van der Waals surface area contributed by atoms with Crippen LogP contribution in [0.15, 0.2) is 24.5 Å². The van der Waals surface area contributed by atoms with Gasteiger partial charge in [0, 0.05) is 8.59 Å². The standard InChI is InChI=1S/C13H14ClIN4O/c1-2-5-20-13-11(16)12(17-7-18-13)19-10-4-3-8(14)6-9(10)15/h3-4,6-7H,2,5,16H2,1H3,(H,17,18,19). The predicted octanol–water partition coefficient (Wildman–Crippen LogP) is 3.85. The lowest BCUT2D eigenvalue weighted by Gasteiger charge is -2.12. The summed E-state index contributed by atoms with van der Waals surface area (Å²) in [6.45, 7) is 2.59. The highest BCUT2D eigenvalue weighted by molar-refractivity contribution is 14.1. The second kappa shape index (κ2) is 6.94. The van der Waals surface area contributed by atoms with E-state index in [4.69, 9.17) is 22.1 Å². The Kier molecular flexibility index (Phi) is 5.24. The van der Waals surface area contributed by atoms with Gasteiger partial charge in [-0.05, 0) is 47.2 Å². The molecule has 0 bridgehead atoms. The molecule has 106 valence electrons. The Morgan fingerprint density at radius 2 is 2.20 bits per heavy atom. The second-order valence-corrected chi connectivity index (χ2v) is 5.64. The normalized spacial score (nSPS) is 10.3. The third-order valence-electron chi connectivity index (χ3n) is 2.47. The number of halogens is 2. The van der Waals surface area contributed by atoms with Gasteiger partial charge in [0.15, 0.2) is 5.82 Å². The summed E-state index contributed by atoms with van der Waals surface area (Å²) in [6.07, 6.45) is 2.31. The lowest BCUT2D eigenvalue weighted by atomic mass is 10.3. The summed E-state index contributed by atoms with van der Waals surface area (Å²) in [5.74, 6) is 0.916. The van der Waals surface area contributed by atoms with Gasteiger partial charge in [-0.3, -0.25) is 0 Å². The van der Waals surface area contributed by atoms with Crippen LogP contribution in [0.1, 0.15) is 13.3 Å². The molecule has 2 rings (SSSR count). The van der Waals surface area contributed by atoms with E-state index < -0.39 is 0 Å². The van der Waals surface area contributed by atoms with Gasteiger partial charge in [-0.1, -0.05) is 18.5 Å². The molecule has 7 heteroatoms. The van der Waals surface area contributed by atoms with E-state index in [1.807, 2.05) is 19.1 Å². The van der Waals surface area contributed by atoms with Crippen molar-refractivity contribution in [1.29, 1.82) is 0 Å². The molecule has 0 fully saturated rings. The fourth-order valence-electron chi connectivity index (χ4n) is 1.51. The highest BCUT2D eigenvalue weighted by atomic mass is 127. The van der Waals surface area contributed by atoms with Crippen molar-refractivity contribution in [2.45, 2.75) is 13.3 Å². The molecule has 0 saturated carbocycles. The number of nitrogens with two attached hydrogens (primary N) is 1. The largest absolute Gasteiger partial charge is 0.476 e. The number of ether oxygens (including phenoxy) is 1. The van der Waals surface area contributed by atoms with Crippen molar-refractivity contribution >= 4 is 51.4 Å². The highest BCUT2D eigenvalue weighted by Gasteiger charge is 2.10. The molecule has 0 aliphatic heterocycles. The topological polar surface area (TPSA) is 73.1 Å². The van der Waals surface area contributed by atoms with Crippen LogP contribution in [0.2, 0.25) is 5.02 Å². The molecule has 0 aliphatic carbocycles. The van der Waals surface area contributed by atoms with Gasteiger partial charge in [0.2, 0.25) is 5.88 Å². The summed E-state index contributed by atoms with van der Waals surface area (Å²) >= 11 is 8.12. The van der Waals surface area contributed by atoms with E-state index in [2.05, 4.69) is 37.9 Å². The predicted molar refractivity (Wildman–Crippen MR) is 89.7 cm³/mol. The quantitative estimate of drug-likeness (QED) is 0.741. The van der Waals surface area contributed by atoms with Crippen molar-refractivity contribution in [3.05, 3.63) is 33.1 Å². The van der Waals surface area contributed by atoms with Crippen molar-refractivity contribution in [2.24, 2.45) is 0 Å². The average Bonchev–Trinajstić information content (AvgIpc) is 2.42. The Labute approximate surface area is 136 Å². The van der Waals surface area contributed by atoms with Crippen LogP contribution < -0.4 is 15.8 Å². The molecule has 1 aromatic carbocycles. The number of nitrogens with one attached hydrogen (secondary N) is 1. The van der Waals surface area contributed by atoms with Crippen LogP contribution >= 0.6 is 34.2 Å². The number of nitrogens with zero attached hydrogens (tertiary/aromatic N) is 2. The zero-order valence-electron chi connectivity index (χ0n) is 10.9. The molecular weight excluding hydrogens is 391 g/mol. The molecule has 1 aromatic heterocycles. The first kappa shape index (κ1) is 15.1. The number of hydrogen-bond acceptors (Lipinski definition) is 5. The molecule has 20 heavy (non-hydrogen) atoms. The van der Waals surface area contributed by atoms with E-state index in [1.54, 1.807) is 6.07 Å². The molecule has 5 nitrogen and oxygen atoms in total. The summed E-state index contributed by atoms with van der Waals surface area (Å²) in [5, 5.41) is 3.85. The lowest BCUT2D eigenvalue weighted by Crippen LogP contribution is -2.06. The van der Waals surface area contributed by atoms with Crippen molar-refractivity contribution < 1.29 is 4.74 Å². The number of benzene rings is 1.